The van der Waals surface area contributed by atoms with E-state index in [-0.39, 0.29) is 29.9 Å². The summed E-state index contributed by atoms with van der Waals surface area (Å²) in [5.41, 5.74) is 2.32. The lowest BCUT2D eigenvalue weighted by atomic mass is 10.1. The molecule has 2 heterocycles. The molecule has 1 aromatic heterocycles. The highest BCUT2D eigenvalue weighted by Gasteiger charge is 2.20. The maximum atomic E-state index is 11.8. The monoisotopic (exact) mass is 497 g/mol. The van der Waals surface area contributed by atoms with Crippen molar-refractivity contribution in [3.8, 4) is 0 Å². The van der Waals surface area contributed by atoms with Crippen LogP contribution in [0.5, 0.6) is 0 Å². The Morgan fingerprint density at radius 2 is 2.14 bits per heavy atom. The van der Waals surface area contributed by atoms with Gasteiger partial charge >= 0.3 is 0 Å². The zero-order valence-electron chi connectivity index (χ0n) is 16.6. The number of hydrogen-bond donors (Lipinski definition) is 1. The number of amides is 1. The first-order valence-electron chi connectivity index (χ1n) is 9.17. The largest absolute Gasteiger partial charge is 0.352 e. The van der Waals surface area contributed by atoms with E-state index in [9.17, 15) is 4.79 Å². The van der Waals surface area contributed by atoms with Crippen LogP contribution in [0.3, 0.4) is 0 Å². The van der Waals surface area contributed by atoms with Crippen LogP contribution >= 0.6 is 24.0 Å². The second-order valence-corrected chi connectivity index (χ2v) is 6.80. The second-order valence-electron chi connectivity index (χ2n) is 6.80. The molecule has 1 aromatic carbocycles. The Labute approximate surface area is 183 Å². The Morgan fingerprint density at radius 3 is 2.79 bits per heavy atom. The number of hydrogen-bond acceptors (Lipinski definition) is 4. The number of halogens is 1. The van der Waals surface area contributed by atoms with E-state index in [4.69, 9.17) is 0 Å². The summed E-state index contributed by atoms with van der Waals surface area (Å²) in [6.07, 6.45) is 3.19. The lowest BCUT2D eigenvalue weighted by molar-refractivity contribution is -0.128. The normalized spacial score (nSPS) is 14.2. The van der Waals surface area contributed by atoms with Crippen LogP contribution in [0.2, 0.25) is 0 Å². The van der Waals surface area contributed by atoms with Crippen molar-refractivity contribution in [1.82, 2.24) is 29.9 Å². The standard InChI is InChI=1S/C19H27N7O.HI/c1-20-19(24(2)13-17-22-14-23-25(17)3)21-11-15-6-4-7-16(10-15)12-26-9-5-8-18(26)27;/h4,6-7,10,14H,5,8-9,11-13H2,1-3H3,(H,20,21);1H. The van der Waals surface area contributed by atoms with Crippen molar-refractivity contribution in [2.45, 2.75) is 32.5 Å². The van der Waals surface area contributed by atoms with Gasteiger partial charge in [-0.15, -0.1) is 24.0 Å². The maximum Gasteiger partial charge on any atom is 0.222 e. The number of likely N-dealkylation sites (tertiary alicyclic amines) is 1. The molecule has 0 unspecified atom stereocenters. The SMILES string of the molecule is CN=C(NCc1cccc(CN2CCCC2=O)c1)N(C)Cc1ncnn1C.I. The Kier molecular flexibility index (Phi) is 8.21. The minimum Gasteiger partial charge on any atom is -0.352 e. The van der Waals surface area contributed by atoms with Crippen molar-refractivity contribution < 1.29 is 4.79 Å². The Balaban J connectivity index is 0.00000280. The predicted octanol–water partition coefficient (Wildman–Crippen LogP) is 1.76. The summed E-state index contributed by atoms with van der Waals surface area (Å²) in [6, 6.07) is 8.34. The van der Waals surface area contributed by atoms with Gasteiger partial charge in [0.15, 0.2) is 5.96 Å². The fourth-order valence-corrected chi connectivity index (χ4v) is 3.25. The van der Waals surface area contributed by atoms with E-state index in [2.05, 4.69) is 38.6 Å². The van der Waals surface area contributed by atoms with Gasteiger partial charge in [0, 0.05) is 47.2 Å². The van der Waals surface area contributed by atoms with Gasteiger partial charge in [0.1, 0.15) is 12.2 Å². The third-order valence-corrected chi connectivity index (χ3v) is 4.74. The van der Waals surface area contributed by atoms with Gasteiger partial charge in [0.25, 0.3) is 0 Å². The van der Waals surface area contributed by atoms with E-state index in [0.29, 0.717) is 26.1 Å². The fourth-order valence-electron chi connectivity index (χ4n) is 3.25. The number of carbonyl (C=O) groups is 1. The molecule has 0 aliphatic carbocycles. The molecule has 0 radical (unpaired) electrons. The molecule has 2 aromatic rings. The molecule has 0 atom stereocenters. The molecule has 152 valence electrons. The van der Waals surface area contributed by atoms with Crippen LogP contribution in [0, 0.1) is 0 Å². The average molecular weight is 497 g/mol. The van der Waals surface area contributed by atoms with Gasteiger partial charge in [-0.25, -0.2) is 4.98 Å². The van der Waals surface area contributed by atoms with Crippen LogP contribution in [0.25, 0.3) is 0 Å². The smallest absolute Gasteiger partial charge is 0.222 e. The average Bonchev–Trinajstić information content (AvgIpc) is 3.24. The summed E-state index contributed by atoms with van der Waals surface area (Å²) in [5.74, 6) is 1.92. The maximum absolute atomic E-state index is 11.8. The number of benzene rings is 1. The molecule has 1 saturated heterocycles. The van der Waals surface area contributed by atoms with Gasteiger partial charge in [0.05, 0.1) is 6.54 Å². The Hall–Kier alpha value is -2.17. The number of aromatic nitrogens is 3. The summed E-state index contributed by atoms with van der Waals surface area (Å²) >= 11 is 0. The molecule has 3 rings (SSSR count). The van der Waals surface area contributed by atoms with Crippen LogP contribution < -0.4 is 5.32 Å². The molecule has 1 N–H and O–H groups in total. The lowest BCUT2D eigenvalue weighted by Gasteiger charge is -2.22. The Bertz CT molecular complexity index is 820. The first kappa shape index (κ1) is 22.1. The first-order chi connectivity index (χ1) is 13.1. The van der Waals surface area contributed by atoms with Crippen LogP contribution in [-0.4, -0.2) is 57.1 Å². The minimum absolute atomic E-state index is 0. The zero-order valence-corrected chi connectivity index (χ0v) is 19.0. The number of nitrogens with one attached hydrogen (secondary N) is 1. The number of aliphatic imine (C=N–C) groups is 1. The minimum atomic E-state index is 0. The van der Waals surface area contributed by atoms with Crippen LogP contribution in [0.1, 0.15) is 29.8 Å². The van der Waals surface area contributed by atoms with E-state index in [1.54, 1.807) is 18.1 Å². The van der Waals surface area contributed by atoms with Gasteiger partial charge in [-0.3, -0.25) is 14.5 Å². The van der Waals surface area contributed by atoms with Crippen molar-refractivity contribution in [2.75, 3.05) is 20.6 Å². The predicted molar refractivity (Wildman–Crippen MR) is 119 cm³/mol. The molecule has 1 fully saturated rings. The summed E-state index contributed by atoms with van der Waals surface area (Å²) in [7, 11) is 5.62. The summed E-state index contributed by atoms with van der Waals surface area (Å²) < 4.78 is 1.76. The third kappa shape index (κ3) is 5.66. The number of aryl methyl sites for hydroxylation is 1. The van der Waals surface area contributed by atoms with Crippen LogP contribution in [-0.2, 0) is 31.5 Å². The van der Waals surface area contributed by atoms with E-state index >= 15 is 0 Å². The number of rotatable bonds is 6. The zero-order chi connectivity index (χ0) is 19.2. The molecule has 8 nitrogen and oxygen atoms in total. The molecule has 1 aliphatic rings. The van der Waals surface area contributed by atoms with E-state index in [1.165, 1.54) is 0 Å². The van der Waals surface area contributed by atoms with Gasteiger partial charge in [-0.2, -0.15) is 5.10 Å². The molecule has 1 amide bonds. The summed E-state index contributed by atoms with van der Waals surface area (Å²) in [5, 5.41) is 7.48. The summed E-state index contributed by atoms with van der Waals surface area (Å²) in [4.78, 5) is 24.4. The molecule has 0 spiro atoms. The van der Waals surface area contributed by atoms with E-state index in [1.807, 2.05) is 30.0 Å². The lowest BCUT2D eigenvalue weighted by Crippen LogP contribution is -2.38. The first-order valence-corrected chi connectivity index (χ1v) is 9.17. The topological polar surface area (TPSA) is 78.7 Å². The fraction of sp³-hybridized carbons (Fsp3) is 0.474. The van der Waals surface area contributed by atoms with Crippen molar-refractivity contribution in [3.05, 3.63) is 47.5 Å². The summed E-state index contributed by atoms with van der Waals surface area (Å²) in [6.45, 7) is 2.83. The van der Waals surface area contributed by atoms with E-state index < -0.39 is 0 Å². The molecule has 28 heavy (non-hydrogen) atoms. The van der Waals surface area contributed by atoms with Gasteiger partial charge in [-0.1, -0.05) is 24.3 Å². The van der Waals surface area contributed by atoms with Gasteiger partial charge in [-0.05, 0) is 17.5 Å². The highest BCUT2D eigenvalue weighted by Crippen LogP contribution is 2.15. The van der Waals surface area contributed by atoms with Crippen molar-refractivity contribution in [2.24, 2.45) is 12.0 Å². The molecule has 0 saturated carbocycles. The van der Waals surface area contributed by atoms with Crippen LogP contribution in [0.15, 0.2) is 35.6 Å². The highest BCUT2D eigenvalue weighted by molar-refractivity contribution is 14.0. The van der Waals surface area contributed by atoms with Crippen LogP contribution in [0.4, 0.5) is 0 Å². The molecule has 1 aliphatic heterocycles. The van der Waals surface area contributed by atoms with Crippen molar-refractivity contribution in [3.63, 3.8) is 0 Å². The molecule has 0 bridgehead atoms. The quantitative estimate of drug-likeness (QED) is 0.374. The van der Waals surface area contributed by atoms with Gasteiger partial charge < -0.3 is 15.1 Å². The Morgan fingerprint density at radius 1 is 1.36 bits per heavy atom. The number of carbonyl (C=O) groups excluding carboxylic acids is 1. The molecular weight excluding hydrogens is 469 g/mol. The third-order valence-electron chi connectivity index (χ3n) is 4.74. The number of guanidine groups is 1. The van der Waals surface area contributed by atoms with E-state index in [0.717, 1.165) is 35.9 Å². The van der Waals surface area contributed by atoms with Crippen molar-refractivity contribution in [1.29, 1.82) is 0 Å². The van der Waals surface area contributed by atoms with Gasteiger partial charge in [0.2, 0.25) is 5.91 Å². The van der Waals surface area contributed by atoms with Crippen molar-refractivity contribution >= 4 is 35.8 Å². The second kappa shape index (κ2) is 10.4. The highest BCUT2D eigenvalue weighted by atomic mass is 127. The molecule has 9 heteroatoms. The number of nitrogens with zero attached hydrogens (tertiary/aromatic N) is 6. The molecular formula is C19H28IN7O.